The molecule has 0 aromatic carbocycles. The van der Waals surface area contributed by atoms with Gasteiger partial charge in [-0.05, 0) is 68.1 Å². The Balaban J connectivity index is 1.62. The van der Waals surface area contributed by atoms with Gasteiger partial charge in [0, 0.05) is 12.1 Å². The fourth-order valence-corrected chi connectivity index (χ4v) is 6.49. The van der Waals surface area contributed by atoms with Crippen LogP contribution in [-0.4, -0.2) is 25.3 Å². The number of morpholine rings is 1. The van der Waals surface area contributed by atoms with Crippen molar-refractivity contribution in [1.82, 2.24) is 5.32 Å². The Hall–Kier alpha value is -0.0800. The predicted molar refractivity (Wildman–Crippen MR) is 77.0 cm³/mol. The van der Waals surface area contributed by atoms with Crippen molar-refractivity contribution in [3.8, 4) is 0 Å². The summed E-state index contributed by atoms with van der Waals surface area (Å²) >= 11 is 0. The van der Waals surface area contributed by atoms with E-state index in [1.165, 1.54) is 38.5 Å². The molecule has 108 valence electrons. The second kappa shape index (κ2) is 4.73. The number of hydrogen-bond donors (Lipinski definition) is 1. The molecular weight excluding hydrogens is 234 g/mol. The topological polar surface area (TPSA) is 21.3 Å². The zero-order chi connectivity index (χ0) is 12.9. The summed E-state index contributed by atoms with van der Waals surface area (Å²) in [6, 6.07) is 0. The molecule has 1 heterocycles. The summed E-state index contributed by atoms with van der Waals surface area (Å²) in [6.45, 7) is 5.31. The maximum atomic E-state index is 5.93. The van der Waals surface area contributed by atoms with Gasteiger partial charge in [0.2, 0.25) is 0 Å². The zero-order valence-corrected chi connectivity index (χ0v) is 12.4. The molecule has 2 nitrogen and oxygen atoms in total. The fourth-order valence-electron chi connectivity index (χ4n) is 6.49. The van der Waals surface area contributed by atoms with Gasteiger partial charge in [-0.25, -0.2) is 0 Å². The molecule has 0 radical (unpaired) electrons. The Labute approximate surface area is 117 Å². The molecule has 0 aromatic rings. The molecule has 1 atom stereocenters. The third kappa shape index (κ3) is 1.98. The van der Waals surface area contributed by atoms with Crippen molar-refractivity contribution in [2.45, 2.75) is 57.4 Å². The Kier molecular flexibility index (Phi) is 3.15. The Morgan fingerprint density at radius 2 is 1.74 bits per heavy atom. The lowest BCUT2D eigenvalue weighted by atomic mass is 9.48. The van der Waals surface area contributed by atoms with Crippen LogP contribution in [0.4, 0.5) is 0 Å². The van der Waals surface area contributed by atoms with Crippen molar-refractivity contribution in [1.29, 1.82) is 0 Å². The SMILES string of the molecule is CCCC1(C2C3CC4CC(C3)CC2C4)COCCN1. The first kappa shape index (κ1) is 12.6. The number of nitrogens with one attached hydrogen (secondary N) is 1. The monoisotopic (exact) mass is 263 g/mol. The van der Waals surface area contributed by atoms with E-state index in [9.17, 15) is 0 Å². The van der Waals surface area contributed by atoms with E-state index in [0.717, 1.165) is 49.3 Å². The van der Waals surface area contributed by atoms with Crippen LogP contribution >= 0.6 is 0 Å². The number of hydrogen-bond acceptors (Lipinski definition) is 2. The second-order valence-electron chi connectivity index (χ2n) is 7.84. The minimum atomic E-state index is 0.329. The summed E-state index contributed by atoms with van der Waals surface area (Å²) in [5, 5.41) is 3.94. The van der Waals surface area contributed by atoms with E-state index in [4.69, 9.17) is 4.74 Å². The highest BCUT2D eigenvalue weighted by Gasteiger charge is 2.55. The van der Waals surface area contributed by atoms with E-state index in [1.807, 2.05) is 0 Å². The predicted octanol–water partition coefficient (Wildman–Crippen LogP) is 3.22. The summed E-state index contributed by atoms with van der Waals surface area (Å²) in [7, 11) is 0. The summed E-state index contributed by atoms with van der Waals surface area (Å²) < 4.78 is 5.93. The summed E-state index contributed by atoms with van der Waals surface area (Å²) in [6.07, 6.45) is 10.3. The largest absolute Gasteiger partial charge is 0.378 e. The van der Waals surface area contributed by atoms with E-state index in [1.54, 1.807) is 6.42 Å². The first-order chi connectivity index (χ1) is 9.31. The molecule has 5 rings (SSSR count). The molecule has 0 spiro atoms. The molecule has 19 heavy (non-hydrogen) atoms. The van der Waals surface area contributed by atoms with Gasteiger partial charge in [-0.3, -0.25) is 0 Å². The van der Waals surface area contributed by atoms with Gasteiger partial charge >= 0.3 is 0 Å². The van der Waals surface area contributed by atoms with Crippen molar-refractivity contribution in [3.05, 3.63) is 0 Å². The van der Waals surface area contributed by atoms with E-state index >= 15 is 0 Å². The molecule has 4 aliphatic carbocycles. The summed E-state index contributed by atoms with van der Waals surface area (Å²) in [4.78, 5) is 0. The number of rotatable bonds is 3. The lowest BCUT2D eigenvalue weighted by Crippen LogP contribution is -2.65. The Morgan fingerprint density at radius 1 is 1.05 bits per heavy atom. The van der Waals surface area contributed by atoms with Gasteiger partial charge in [0.05, 0.1) is 13.2 Å². The average molecular weight is 263 g/mol. The molecule has 5 aliphatic rings. The first-order valence-corrected chi connectivity index (χ1v) is 8.63. The van der Waals surface area contributed by atoms with Crippen LogP contribution < -0.4 is 5.32 Å². The van der Waals surface area contributed by atoms with Crippen LogP contribution in [0.15, 0.2) is 0 Å². The van der Waals surface area contributed by atoms with Gasteiger partial charge < -0.3 is 10.1 Å². The van der Waals surface area contributed by atoms with Crippen molar-refractivity contribution in [2.24, 2.45) is 29.6 Å². The third-order valence-electron chi connectivity index (χ3n) is 6.64. The van der Waals surface area contributed by atoms with Gasteiger partial charge in [-0.2, -0.15) is 0 Å². The smallest absolute Gasteiger partial charge is 0.0651 e. The van der Waals surface area contributed by atoms with Crippen molar-refractivity contribution >= 4 is 0 Å². The lowest BCUT2D eigenvalue weighted by molar-refractivity contribution is -0.114. The Morgan fingerprint density at radius 3 is 2.26 bits per heavy atom. The molecule has 4 bridgehead atoms. The van der Waals surface area contributed by atoms with E-state index < -0.39 is 0 Å². The molecular formula is C17H29NO. The zero-order valence-electron chi connectivity index (χ0n) is 12.4. The standard InChI is InChI=1S/C17H29NO/c1-2-3-17(11-19-5-4-18-17)16-14-7-12-6-13(9-14)10-15(16)8-12/h12-16,18H,2-11H2,1H3. The molecule has 1 saturated heterocycles. The molecule has 0 aromatic heterocycles. The molecule has 2 heteroatoms. The van der Waals surface area contributed by atoms with Crippen LogP contribution in [0.25, 0.3) is 0 Å². The third-order valence-corrected chi connectivity index (χ3v) is 6.64. The quantitative estimate of drug-likeness (QED) is 0.844. The highest BCUT2D eigenvalue weighted by Crippen LogP contribution is 2.59. The van der Waals surface area contributed by atoms with Crippen LogP contribution in [0.1, 0.15) is 51.9 Å². The second-order valence-corrected chi connectivity index (χ2v) is 7.84. The molecule has 5 fully saturated rings. The van der Waals surface area contributed by atoms with Crippen LogP contribution in [-0.2, 0) is 4.74 Å². The van der Waals surface area contributed by atoms with Crippen LogP contribution in [0.3, 0.4) is 0 Å². The highest BCUT2D eigenvalue weighted by atomic mass is 16.5. The Bertz CT molecular complexity index is 301. The fraction of sp³-hybridized carbons (Fsp3) is 1.00. The average Bonchev–Trinajstić information content (AvgIpc) is 2.38. The van der Waals surface area contributed by atoms with Gasteiger partial charge in [0.25, 0.3) is 0 Å². The maximum Gasteiger partial charge on any atom is 0.0651 e. The summed E-state index contributed by atoms with van der Waals surface area (Å²) in [5.74, 6) is 5.11. The van der Waals surface area contributed by atoms with Crippen molar-refractivity contribution in [3.63, 3.8) is 0 Å². The molecule has 1 aliphatic heterocycles. The van der Waals surface area contributed by atoms with E-state index in [0.29, 0.717) is 5.54 Å². The van der Waals surface area contributed by atoms with Gasteiger partial charge in [0.15, 0.2) is 0 Å². The first-order valence-electron chi connectivity index (χ1n) is 8.63. The lowest BCUT2D eigenvalue weighted by Gasteiger charge is -2.61. The molecule has 1 unspecified atom stereocenters. The van der Waals surface area contributed by atoms with E-state index in [2.05, 4.69) is 12.2 Å². The number of ether oxygens (including phenoxy) is 1. The van der Waals surface area contributed by atoms with Crippen LogP contribution in [0, 0.1) is 29.6 Å². The minimum Gasteiger partial charge on any atom is -0.378 e. The normalized spacial score (nSPS) is 52.6. The molecule has 4 saturated carbocycles. The van der Waals surface area contributed by atoms with Crippen LogP contribution in [0.5, 0.6) is 0 Å². The van der Waals surface area contributed by atoms with Gasteiger partial charge in [-0.1, -0.05) is 13.3 Å². The summed E-state index contributed by atoms with van der Waals surface area (Å²) in [5.41, 5.74) is 0.329. The van der Waals surface area contributed by atoms with Crippen molar-refractivity contribution in [2.75, 3.05) is 19.8 Å². The van der Waals surface area contributed by atoms with Gasteiger partial charge in [-0.15, -0.1) is 0 Å². The highest BCUT2D eigenvalue weighted by molar-refractivity contribution is 5.08. The maximum absolute atomic E-state index is 5.93. The van der Waals surface area contributed by atoms with Gasteiger partial charge in [0.1, 0.15) is 0 Å². The van der Waals surface area contributed by atoms with E-state index in [-0.39, 0.29) is 0 Å². The van der Waals surface area contributed by atoms with Crippen LogP contribution in [0.2, 0.25) is 0 Å². The molecule has 1 N–H and O–H groups in total. The minimum absolute atomic E-state index is 0.329. The van der Waals surface area contributed by atoms with Crippen molar-refractivity contribution < 1.29 is 4.74 Å². The molecule has 0 amide bonds.